The molecule has 1 fully saturated rings. The molecule has 3 atom stereocenters. The first-order valence-corrected chi connectivity index (χ1v) is 8.98. The predicted molar refractivity (Wildman–Crippen MR) is 100.0 cm³/mol. The highest BCUT2D eigenvalue weighted by Crippen LogP contribution is 2.32. The molecule has 1 aromatic carbocycles. The number of benzene rings is 1. The molecular weight excluding hydrogens is 453 g/mol. The summed E-state index contributed by atoms with van der Waals surface area (Å²) in [5.41, 5.74) is 7.65. The minimum absolute atomic E-state index is 0.0379. The smallest absolute Gasteiger partial charge is 0.247 e. The molecule has 0 amide bonds. The first kappa shape index (κ1) is 17.4. The molecule has 1 aliphatic rings. The minimum Gasteiger partial charge on any atom is -0.471 e. The van der Waals surface area contributed by atoms with Crippen molar-refractivity contribution >= 4 is 39.7 Å². The van der Waals surface area contributed by atoms with Crippen LogP contribution in [0.15, 0.2) is 30.6 Å². The van der Waals surface area contributed by atoms with Gasteiger partial charge in [0.25, 0.3) is 0 Å². The third-order valence-electron chi connectivity index (χ3n) is 4.07. The van der Waals surface area contributed by atoms with Crippen LogP contribution < -0.4 is 10.5 Å². The first-order valence-electron chi connectivity index (χ1n) is 7.90. The van der Waals surface area contributed by atoms with Gasteiger partial charge in [-0.2, -0.15) is 9.97 Å². The van der Waals surface area contributed by atoms with Crippen LogP contribution in [-0.2, 0) is 11.3 Å². The van der Waals surface area contributed by atoms with Gasteiger partial charge in [-0.15, -0.1) is 0 Å². The number of hydrogen-bond donors (Lipinski definition) is 3. The average molecular weight is 469 g/mol. The van der Waals surface area contributed by atoms with E-state index in [4.69, 9.17) is 15.2 Å². The van der Waals surface area contributed by atoms with Crippen molar-refractivity contribution in [2.45, 2.75) is 31.6 Å². The van der Waals surface area contributed by atoms with E-state index in [1.54, 1.807) is 4.57 Å². The first-order chi connectivity index (χ1) is 12.5. The standard InChI is InChI=1S/C16H16IN5O4/c17-9-3-1-8(2-4-9)6-25-14-12-13(20-16(18)21-14)22(7-19-12)11-5-10(23)15(24)26-11/h1-4,7,10-11,15,23-24H,5-6H2,(H2,18,20,21). The molecule has 4 rings (SSSR count). The monoisotopic (exact) mass is 469 g/mol. The Morgan fingerprint density at radius 1 is 1.27 bits per heavy atom. The van der Waals surface area contributed by atoms with Crippen LogP contribution in [-0.4, -0.2) is 42.1 Å². The Morgan fingerprint density at radius 3 is 2.73 bits per heavy atom. The lowest BCUT2D eigenvalue weighted by Crippen LogP contribution is -2.19. The van der Waals surface area contributed by atoms with E-state index in [0.29, 0.717) is 17.8 Å². The fourth-order valence-electron chi connectivity index (χ4n) is 2.76. The fourth-order valence-corrected chi connectivity index (χ4v) is 3.12. The van der Waals surface area contributed by atoms with Gasteiger partial charge in [0.2, 0.25) is 11.8 Å². The maximum absolute atomic E-state index is 9.69. The molecule has 0 spiro atoms. The fraction of sp³-hybridized carbons (Fsp3) is 0.312. The molecule has 9 nitrogen and oxygen atoms in total. The van der Waals surface area contributed by atoms with E-state index < -0.39 is 18.6 Å². The summed E-state index contributed by atoms with van der Waals surface area (Å²) < 4.78 is 13.9. The summed E-state index contributed by atoms with van der Waals surface area (Å²) in [6.45, 7) is 0.312. The summed E-state index contributed by atoms with van der Waals surface area (Å²) in [4.78, 5) is 12.6. The SMILES string of the molecule is Nc1nc(OCc2ccc(I)cc2)c2ncn(C3CC(O)C(O)O3)c2n1. The highest BCUT2D eigenvalue weighted by Gasteiger charge is 2.34. The number of nitrogens with zero attached hydrogens (tertiary/aromatic N) is 4. The van der Waals surface area contributed by atoms with Gasteiger partial charge in [0.15, 0.2) is 17.5 Å². The number of hydrogen-bond acceptors (Lipinski definition) is 8. The van der Waals surface area contributed by atoms with Crippen LogP contribution in [0.1, 0.15) is 18.2 Å². The highest BCUT2D eigenvalue weighted by atomic mass is 127. The van der Waals surface area contributed by atoms with E-state index >= 15 is 0 Å². The van der Waals surface area contributed by atoms with E-state index in [1.165, 1.54) is 6.33 Å². The largest absolute Gasteiger partial charge is 0.471 e. The lowest BCUT2D eigenvalue weighted by molar-refractivity contribution is -0.140. The van der Waals surface area contributed by atoms with E-state index in [0.717, 1.165) is 9.13 Å². The lowest BCUT2D eigenvalue weighted by Gasteiger charge is -2.12. The van der Waals surface area contributed by atoms with Crippen molar-refractivity contribution in [1.82, 2.24) is 19.5 Å². The van der Waals surface area contributed by atoms with Gasteiger partial charge in [-0.3, -0.25) is 4.57 Å². The zero-order valence-corrected chi connectivity index (χ0v) is 15.6. The summed E-state index contributed by atoms with van der Waals surface area (Å²) in [5.74, 6) is 0.305. The van der Waals surface area contributed by atoms with E-state index in [9.17, 15) is 10.2 Å². The molecule has 3 aromatic rings. The second-order valence-corrected chi connectivity index (χ2v) is 7.16. The van der Waals surface area contributed by atoms with Gasteiger partial charge in [0.1, 0.15) is 18.9 Å². The molecule has 1 aliphatic heterocycles. The molecule has 1 saturated heterocycles. The van der Waals surface area contributed by atoms with Gasteiger partial charge in [-0.25, -0.2) is 4.98 Å². The van der Waals surface area contributed by atoms with Crippen molar-refractivity contribution in [2.24, 2.45) is 0 Å². The van der Waals surface area contributed by atoms with E-state index in [2.05, 4.69) is 37.5 Å². The highest BCUT2D eigenvalue weighted by molar-refractivity contribution is 14.1. The molecule has 4 N–H and O–H groups in total. The third kappa shape index (κ3) is 3.32. The molecule has 3 heterocycles. The summed E-state index contributed by atoms with van der Waals surface area (Å²) in [6, 6.07) is 7.92. The van der Waals surface area contributed by atoms with Gasteiger partial charge in [0.05, 0.1) is 6.33 Å². The molecule has 0 radical (unpaired) electrons. The minimum atomic E-state index is -1.24. The van der Waals surface area contributed by atoms with Crippen molar-refractivity contribution < 1.29 is 19.7 Å². The number of aliphatic hydroxyl groups is 2. The number of aliphatic hydroxyl groups excluding tert-OH is 2. The van der Waals surface area contributed by atoms with Crippen LogP contribution in [0.25, 0.3) is 11.2 Å². The lowest BCUT2D eigenvalue weighted by atomic mass is 10.2. The summed E-state index contributed by atoms with van der Waals surface area (Å²) in [7, 11) is 0. The van der Waals surface area contributed by atoms with Crippen LogP contribution in [0.2, 0.25) is 0 Å². The Labute approximate surface area is 161 Å². The van der Waals surface area contributed by atoms with Crippen LogP contribution in [0.4, 0.5) is 5.95 Å². The molecule has 0 bridgehead atoms. The van der Waals surface area contributed by atoms with E-state index in [1.807, 2.05) is 24.3 Å². The summed E-state index contributed by atoms with van der Waals surface area (Å²) >= 11 is 2.24. The zero-order valence-electron chi connectivity index (χ0n) is 13.5. The molecule has 136 valence electrons. The van der Waals surface area contributed by atoms with Crippen molar-refractivity contribution in [3.8, 4) is 5.88 Å². The number of rotatable bonds is 4. The number of nitrogen functional groups attached to an aromatic ring is 1. The number of aromatic nitrogens is 4. The second kappa shape index (κ2) is 6.95. The quantitative estimate of drug-likeness (QED) is 0.487. The van der Waals surface area contributed by atoms with Gasteiger partial charge in [-0.05, 0) is 40.3 Å². The number of ether oxygens (including phenoxy) is 2. The normalized spacial score (nSPS) is 22.8. The molecule has 0 aliphatic carbocycles. The molecule has 0 saturated carbocycles. The van der Waals surface area contributed by atoms with Crippen LogP contribution in [0.3, 0.4) is 0 Å². The molecule has 3 unspecified atom stereocenters. The predicted octanol–water partition coefficient (Wildman–Crippen LogP) is 1.19. The number of imidazole rings is 1. The number of halogens is 1. The van der Waals surface area contributed by atoms with Crippen molar-refractivity contribution in [1.29, 1.82) is 0 Å². The second-order valence-electron chi connectivity index (χ2n) is 5.91. The average Bonchev–Trinajstić information content (AvgIpc) is 3.17. The Kier molecular flexibility index (Phi) is 4.65. The molecule has 10 heteroatoms. The summed E-state index contributed by atoms with van der Waals surface area (Å²) in [6.07, 6.45) is -1.08. The van der Waals surface area contributed by atoms with Crippen molar-refractivity contribution in [2.75, 3.05) is 5.73 Å². The molecule has 2 aromatic heterocycles. The van der Waals surface area contributed by atoms with Crippen LogP contribution in [0.5, 0.6) is 5.88 Å². The maximum atomic E-state index is 9.69. The zero-order chi connectivity index (χ0) is 18.3. The Morgan fingerprint density at radius 2 is 2.04 bits per heavy atom. The summed E-state index contributed by atoms with van der Waals surface area (Å²) in [5, 5.41) is 19.3. The molecule has 26 heavy (non-hydrogen) atoms. The van der Waals surface area contributed by atoms with Crippen molar-refractivity contribution in [3.63, 3.8) is 0 Å². The molecular formula is C16H16IN5O4. The number of fused-ring (bicyclic) bond motifs is 1. The van der Waals surface area contributed by atoms with Gasteiger partial charge < -0.3 is 25.4 Å². The Hall–Kier alpha value is -2.02. The van der Waals surface area contributed by atoms with Gasteiger partial charge in [0, 0.05) is 9.99 Å². The van der Waals surface area contributed by atoms with Crippen LogP contribution >= 0.6 is 22.6 Å². The van der Waals surface area contributed by atoms with Crippen LogP contribution in [0, 0.1) is 3.57 Å². The Balaban J connectivity index is 1.62. The van der Waals surface area contributed by atoms with Gasteiger partial charge >= 0.3 is 0 Å². The maximum Gasteiger partial charge on any atom is 0.247 e. The Bertz CT molecular complexity index is 922. The van der Waals surface area contributed by atoms with Gasteiger partial charge in [-0.1, -0.05) is 12.1 Å². The third-order valence-corrected chi connectivity index (χ3v) is 4.79. The number of anilines is 1. The number of nitrogens with two attached hydrogens (primary N) is 1. The van der Waals surface area contributed by atoms with Crippen molar-refractivity contribution in [3.05, 3.63) is 39.7 Å². The van der Waals surface area contributed by atoms with E-state index in [-0.39, 0.29) is 18.2 Å². The topological polar surface area (TPSA) is 129 Å².